The number of nitrogens with one attached hydrogen (secondary N) is 1. The minimum Gasteiger partial charge on any atom is -0.378 e. The van der Waals surface area contributed by atoms with Crippen LogP contribution in [0.1, 0.15) is 39.0 Å². The topological polar surface area (TPSA) is 38.3 Å². The molecule has 3 atom stereocenters. The van der Waals surface area contributed by atoms with Crippen molar-refractivity contribution in [2.24, 2.45) is 0 Å². The molecule has 0 saturated carbocycles. The summed E-state index contributed by atoms with van der Waals surface area (Å²) in [6.45, 7) is 4.09. The van der Waals surface area contributed by atoms with Crippen molar-refractivity contribution in [1.82, 2.24) is 5.32 Å². The minimum atomic E-state index is -0.647. The summed E-state index contributed by atoms with van der Waals surface area (Å²) in [6.07, 6.45) is 7.88. The SMILES string of the molecule is CCCC1CC(NCCCS(C)=O)CCO1. The molecule has 1 fully saturated rings. The van der Waals surface area contributed by atoms with E-state index in [0.29, 0.717) is 12.1 Å². The van der Waals surface area contributed by atoms with E-state index in [4.69, 9.17) is 4.74 Å². The maximum absolute atomic E-state index is 10.9. The van der Waals surface area contributed by atoms with Gasteiger partial charge in [0.05, 0.1) is 6.10 Å². The first-order valence-corrected chi connectivity index (χ1v) is 8.10. The summed E-state index contributed by atoms with van der Waals surface area (Å²) in [5.74, 6) is 0.814. The molecule has 0 radical (unpaired) electrons. The molecule has 3 unspecified atom stereocenters. The third-order valence-corrected chi connectivity index (χ3v) is 3.88. The van der Waals surface area contributed by atoms with Crippen molar-refractivity contribution in [1.29, 1.82) is 0 Å². The molecule has 0 amide bonds. The van der Waals surface area contributed by atoms with Crippen LogP contribution in [0, 0.1) is 0 Å². The molecular weight excluding hydrogens is 222 g/mol. The number of ether oxygens (including phenoxy) is 1. The van der Waals surface area contributed by atoms with Crippen molar-refractivity contribution in [2.45, 2.75) is 51.2 Å². The fourth-order valence-electron chi connectivity index (χ4n) is 2.17. The van der Waals surface area contributed by atoms with Gasteiger partial charge in [-0.15, -0.1) is 0 Å². The van der Waals surface area contributed by atoms with Gasteiger partial charge in [0.1, 0.15) is 0 Å². The van der Waals surface area contributed by atoms with Crippen LogP contribution < -0.4 is 5.32 Å². The van der Waals surface area contributed by atoms with E-state index >= 15 is 0 Å². The third kappa shape index (κ3) is 5.97. The molecule has 1 aliphatic rings. The average Bonchev–Trinajstić information content (AvgIpc) is 2.25. The molecule has 1 heterocycles. The fourth-order valence-corrected chi connectivity index (χ4v) is 2.72. The molecule has 1 aliphatic heterocycles. The summed E-state index contributed by atoms with van der Waals surface area (Å²) < 4.78 is 16.6. The molecule has 0 aromatic carbocycles. The lowest BCUT2D eigenvalue weighted by Gasteiger charge is -2.30. The van der Waals surface area contributed by atoms with Crippen LogP contribution in [0.2, 0.25) is 0 Å². The molecule has 0 spiro atoms. The number of hydrogen-bond donors (Lipinski definition) is 1. The van der Waals surface area contributed by atoms with Crippen molar-refractivity contribution in [3.63, 3.8) is 0 Å². The summed E-state index contributed by atoms with van der Waals surface area (Å²) in [5, 5.41) is 3.55. The second-order valence-corrected chi connectivity index (χ2v) is 6.14. The maximum Gasteiger partial charge on any atom is 0.0589 e. The van der Waals surface area contributed by atoms with E-state index in [-0.39, 0.29) is 0 Å². The standard InChI is InChI=1S/C12H25NO2S/c1-3-5-12-10-11(6-8-15-12)13-7-4-9-16(2)14/h11-13H,3-10H2,1-2H3. The largest absolute Gasteiger partial charge is 0.378 e. The molecule has 0 aliphatic carbocycles. The van der Waals surface area contributed by atoms with Crippen LogP contribution in [0.5, 0.6) is 0 Å². The van der Waals surface area contributed by atoms with Gasteiger partial charge in [-0.25, -0.2) is 0 Å². The Balaban J connectivity index is 2.09. The predicted molar refractivity (Wildman–Crippen MR) is 69.2 cm³/mol. The fraction of sp³-hybridized carbons (Fsp3) is 1.00. The molecule has 4 heteroatoms. The molecular formula is C12H25NO2S. The highest BCUT2D eigenvalue weighted by molar-refractivity contribution is 7.84. The zero-order valence-electron chi connectivity index (χ0n) is 10.5. The van der Waals surface area contributed by atoms with E-state index in [9.17, 15) is 4.21 Å². The van der Waals surface area contributed by atoms with Gasteiger partial charge in [-0.2, -0.15) is 0 Å². The van der Waals surface area contributed by atoms with Crippen molar-refractivity contribution in [2.75, 3.05) is 25.2 Å². The van der Waals surface area contributed by atoms with Crippen LogP contribution in [-0.4, -0.2) is 41.5 Å². The summed E-state index contributed by atoms with van der Waals surface area (Å²) in [6, 6.07) is 0.607. The smallest absolute Gasteiger partial charge is 0.0589 e. The molecule has 1 N–H and O–H groups in total. The Morgan fingerprint density at radius 1 is 1.50 bits per heavy atom. The van der Waals surface area contributed by atoms with Crippen LogP contribution in [0.25, 0.3) is 0 Å². The number of hydrogen-bond acceptors (Lipinski definition) is 3. The van der Waals surface area contributed by atoms with E-state index in [1.807, 2.05) is 0 Å². The van der Waals surface area contributed by atoms with Crippen molar-refractivity contribution in [3.8, 4) is 0 Å². The van der Waals surface area contributed by atoms with Gasteiger partial charge in [-0.3, -0.25) is 4.21 Å². The van der Waals surface area contributed by atoms with Crippen LogP contribution in [0.4, 0.5) is 0 Å². The zero-order chi connectivity index (χ0) is 11.8. The van der Waals surface area contributed by atoms with Gasteiger partial charge in [0, 0.05) is 35.5 Å². The highest BCUT2D eigenvalue weighted by atomic mass is 32.2. The molecule has 96 valence electrons. The first-order valence-electron chi connectivity index (χ1n) is 6.37. The summed E-state index contributed by atoms with van der Waals surface area (Å²) >= 11 is 0. The van der Waals surface area contributed by atoms with Crippen molar-refractivity contribution >= 4 is 10.8 Å². The molecule has 16 heavy (non-hydrogen) atoms. The number of rotatable bonds is 7. The summed E-state index contributed by atoms with van der Waals surface area (Å²) in [7, 11) is -0.647. The molecule has 0 bridgehead atoms. The second-order valence-electron chi connectivity index (χ2n) is 4.59. The lowest BCUT2D eigenvalue weighted by molar-refractivity contribution is -0.00303. The Morgan fingerprint density at radius 2 is 2.31 bits per heavy atom. The van der Waals surface area contributed by atoms with Crippen LogP contribution >= 0.6 is 0 Å². The highest BCUT2D eigenvalue weighted by Crippen LogP contribution is 2.17. The van der Waals surface area contributed by atoms with Gasteiger partial charge in [0.15, 0.2) is 0 Å². The normalized spacial score (nSPS) is 27.9. The zero-order valence-corrected chi connectivity index (χ0v) is 11.4. The van der Waals surface area contributed by atoms with Crippen LogP contribution in [0.15, 0.2) is 0 Å². The van der Waals surface area contributed by atoms with Crippen molar-refractivity contribution < 1.29 is 8.95 Å². The Bertz CT molecular complexity index is 209. The predicted octanol–water partition coefficient (Wildman–Crippen LogP) is 1.69. The monoisotopic (exact) mass is 247 g/mol. The van der Waals surface area contributed by atoms with Crippen LogP contribution in [-0.2, 0) is 15.5 Å². The Morgan fingerprint density at radius 3 is 3.00 bits per heavy atom. The molecule has 0 aromatic rings. The van der Waals surface area contributed by atoms with Crippen molar-refractivity contribution in [3.05, 3.63) is 0 Å². The van der Waals surface area contributed by atoms with Crippen LogP contribution in [0.3, 0.4) is 0 Å². The average molecular weight is 247 g/mol. The first-order chi connectivity index (χ1) is 7.72. The molecule has 3 nitrogen and oxygen atoms in total. The van der Waals surface area contributed by atoms with Gasteiger partial charge >= 0.3 is 0 Å². The minimum absolute atomic E-state index is 0.455. The van der Waals surface area contributed by atoms with E-state index in [1.165, 1.54) is 12.8 Å². The quantitative estimate of drug-likeness (QED) is 0.696. The summed E-state index contributed by atoms with van der Waals surface area (Å²) in [4.78, 5) is 0. The van der Waals surface area contributed by atoms with Gasteiger partial charge in [0.25, 0.3) is 0 Å². The van der Waals surface area contributed by atoms with Gasteiger partial charge < -0.3 is 10.1 Å². The van der Waals surface area contributed by atoms with E-state index in [1.54, 1.807) is 6.26 Å². The second kappa shape index (κ2) is 8.20. The lowest BCUT2D eigenvalue weighted by atomic mass is 10.00. The third-order valence-electron chi connectivity index (χ3n) is 3.02. The van der Waals surface area contributed by atoms with E-state index in [2.05, 4.69) is 12.2 Å². The maximum atomic E-state index is 10.9. The molecule has 0 aromatic heterocycles. The van der Waals surface area contributed by atoms with E-state index < -0.39 is 10.8 Å². The summed E-state index contributed by atoms with van der Waals surface area (Å²) in [5.41, 5.74) is 0. The Kier molecular flexibility index (Phi) is 7.25. The Hall–Kier alpha value is 0.0700. The van der Waals surface area contributed by atoms with Gasteiger partial charge in [0.2, 0.25) is 0 Å². The van der Waals surface area contributed by atoms with Gasteiger partial charge in [-0.1, -0.05) is 13.3 Å². The molecule has 1 rings (SSSR count). The van der Waals surface area contributed by atoms with Gasteiger partial charge in [-0.05, 0) is 32.2 Å². The highest BCUT2D eigenvalue weighted by Gasteiger charge is 2.20. The lowest BCUT2D eigenvalue weighted by Crippen LogP contribution is -2.39. The first kappa shape index (κ1) is 14.1. The van der Waals surface area contributed by atoms with E-state index in [0.717, 1.165) is 38.2 Å². The molecule has 1 saturated heterocycles. The Labute approximate surface area is 102 Å².